The minimum atomic E-state index is 0.835. The molecule has 0 atom stereocenters. The summed E-state index contributed by atoms with van der Waals surface area (Å²) in [7, 11) is 1.89. The molecule has 1 aromatic carbocycles. The SMILES string of the molecule is Cn1ncc2c(NCCc3csc4ccccc34)ncnc21. The molecule has 0 aliphatic rings. The van der Waals surface area contributed by atoms with Crippen LogP contribution < -0.4 is 5.32 Å². The van der Waals surface area contributed by atoms with Crippen molar-refractivity contribution in [2.45, 2.75) is 6.42 Å². The average Bonchev–Trinajstić information content (AvgIpc) is 3.13. The van der Waals surface area contributed by atoms with Crippen molar-refractivity contribution in [1.29, 1.82) is 0 Å². The number of fused-ring (bicyclic) bond motifs is 2. The Morgan fingerprint density at radius 3 is 3.05 bits per heavy atom. The first-order valence-electron chi connectivity index (χ1n) is 7.14. The second-order valence-electron chi connectivity index (χ2n) is 5.16. The maximum atomic E-state index is 4.33. The lowest BCUT2D eigenvalue weighted by molar-refractivity contribution is 0.785. The van der Waals surface area contributed by atoms with Crippen molar-refractivity contribution in [2.24, 2.45) is 7.05 Å². The van der Waals surface area contributed by atoms with Crippen LogP contribution in [0.1, 0.15) is 5.56 Å². The van der Waals surface area contributed by atoms with Crippen molar-refractivity contribution >= 4 is 38.3 Å². The predicted molar refractivity (Wildman–Crippen MR) is 90.3 cm³/mol. The van der Waals surface area contributed by atoms with E-state index in [2.05, 4.69) is 50.0 Å². The molecule has 4 rings (SSSR count). The van der Waals surface area contributed by atoms with Crippen LogP contribution in [0.4, 0.5) is 5.82 Å². The Hall–Kier alpha value is -2.47. The van der Waals surface area contributed by atoms with Crippen LogP contribution in [0.25, 0.3) is 21.1 Å². The number of aromatic nitrogens is 4. The number of thiophene rings is 1. The Morgan fingerprint density at radius 2 is 2.09 bits per heavy atom. The summed E-state index contributed by atoms with van der Waals surface area (Å²) in [6.45, 7) is 0.835. The summed E-state index contributed by atoms with van der Waals surface area (Å²) >= 11 is 1.80. The summed E-state index contributed by atoms with van der Waals surface area (Å²) < 4.78 is 3.10. The third-order valence-corrected chi connectivity index (χ3v) is 4.79. The summed E-state index contributed by atoms with van der Waals surface area (Å²) in [6.07, 6.45) is 4.35. The standard InChI is InChI=1S/C16H15N5S/c1-21-16-13(8-20-21)15(18-10-19-16)17-7-6-11-9-22-14-5-3-2-4-12(11)14/h2-5,8-10H,6-7H2,1H3,(H,17,18,19). The van der Waals surface area contributed by atoms with Crippen LogP contribution in [0.3, 0.4) is 0 Å². The van der Waals surface area contributed by atoms with E-state index in [1.165, 1.54) is 15.6 Å². The lowest BCUT2D eigenvalue weighted by Crippen LogP contribution is -2.06. The molecule has 0 bridgehead atoms. The number of anilines is 1. The molecule has 0 radical (unpaired) electrons. The van der Waals surface area contributed by atoms with Crippen molar-refractivity contribution in [2.75, 3.05) is 11.9 Å². The van der Waals surface area contributed by atoms with Crippen molar-refractivity contribution in [1.82, 2.24) is 19.7 Å². The van der Waals surface area contributed by atoms with Crippen LogP contribution in [-0.4, -0.2) is 26.3 Å². The first-order chi connectivity index (χ1) is 10.8. The van der Waals surface area contributed by atoms with Gasteiger partial charge in [-0.15, -0.1) is 11.3 Å². The summed E-state index contributed by atoms with van der Waals surface area (Å²) in [6, 6.07) is 8.53. The molecule has 0 saturated carbocycles. The molecule has 22 heavy (non-hydrogen) atoms. The molecule has 5 nitrogen and oxygen atoms in total. The number of nitrogens with zero attached hydrogens (tertiary/aromatic N) is 4. The van der Waals surface area contributed by atoms with E-state index in [0.29, 0.717) is 0 Å². The number of benzene rings is 1. The van der Waals surface area contributed by atoms with Gasteiger partial charge in [0.15, 0.2) is 5.65 Å². The molecule has 6 heteroatoms. The van der Waals surface area contributed by atoms with Gasteiger partial charge in [-0.3, -0.25) is 4.68 Å². The van der Waals surface area contributed by atoms with E-state index in [-0.39, 0.29) is 0 Å². The first kappa shape index (κ1) is 13.2. The van der Waals surface area contributed by atoms with Crippen LogP contribution in [-0.2, 0) is 13.5 Å². The Kier molecular flexibility index (Phi) is 3.23. The van der Waals surface area contributed by atoms with Gasteiger partial charge in [0.2, 0.25) is 0 Å². The van der Waals surface area contributed by atoms with Crippen LogP contribution in [0, 0.1) is 0 Å². The highest BCUT2D eigenvalue weighted by atomic mass is 32.1. The van der Waals surface area contributed by atoms with E-state index in [1.54, 1.807) is 28.5 Å². The van der Waals surface area contributed by atoms with Crippen molar-refractivity contribution in [3.05, 3.63) is 47.7 Å². The molecule has 0 amide bonds. The van der Waals surface area contributed by atoms with Crippen molar-refractivity contribution in [3.63, 3.8) is 0 Å². The Labute approximate surface area is 131 Å². The molecule has 110 valence electrons. The molecule has 3 aromatic heterocycles. The molecule has 1 N–H and O–H groups in total. The number of hydrogen-bond donors (Lipinski definition) is 1. The van der Waals surface area contributed by atoms with Gasteiger partial charge in [-0.05, 0) is 28.8 Å². The second kappa shape index (κ2) is 5.38. The van der Waals surface area contributed by atoms with E-state index in [1.807, 2.05) is 7.05 Å². The molecule has 0 aliphatic carbocycles. The van der Waals surface area contributed by atoms with E-state index in [0.717, 1.165) is 29.8 Å². The Bertz CT molecular complexity index is 940. The minimum absolute atomic E-state index is 0.835. The molecule has 3 heterocycles. The van der Waals surface area contributed by atoms with Crippen LogP contribution >= 0.6 is 11.3 Å². The van der Waals surface area contributed by atoms with Gasteiger partial charge in [0.1, 0.15) is 12.1 Å². The minimum Gasteiger partial charge on any atom is -0.369 e. The summed E-state index contributed by atoms with van der Waals surface area (Å²) in [5.41, 5.74) is 2.23. The lowest BCUT2D eigenvalue weighted by Gasteiger charge is -2.06. The predicted octanol–water partition coefficient (Wildman–Crippen LogP) is 3.23. The zero-order valence-electron chi connectivity index (χ0n) is 12.2. The molecule has 0 fully saturated rings. The normalized spacial score (nSPS) is 11.3. The van der Waals surface area contributed by atoms with Gasteiger partial charge in [0.05, 0.1) is 11.6 Å². The molecule has 0 aliphatic heterocycles. The van der Waals surface area contributed by atoms with Crippen molar-refractivity contribution < 1.29 is 0 Å². The highest BCUT2D eigenvalue weighted by Gasteiger charge is 2.08. The maximum Gasteiger partial charge on any atom is 0.163 e. The van der Waals surface area contributed by atoms with Gasteiger partial charge in [0.25, 0.3) is 0 Å². The third-order valence-electron chi connectivity index (χ3n) is 3.78. The highest BCUT2D eigenvalue weighted by molar-refractivity contribution is 7.17. The van der Waals surface area contributed by atoms with Gasteiger partial charge in [-0.25, -0.2) is 9.97 Å². The van der Waals surface area contributed by atoms with Crippen LogP contribution in [0.2, 0.25) is 0 Å². The Balaban J connectivity index is 1.53. The molecule has 0 unspecified atom stereocenters. The zero-order valence-corrected chi connectivity index (χ0v) is 13.0. The average molecular weight is 309 g/mol. The van der Waals surface area contributed by atoms with Gasteiger partial charge in [-0.1, -0.05) is 18.2 Å². The molecular formula is C16H15N5S. The smallest absolute Gasteiger partial charge is 0.163 e. The summed E-state index contributed by atoms with van der Waals surface area (Å²) in [4.78, 5) is 8.58. The second-order valence-corrected chi connectivity index (χ2v) is 6.07. The van der Waals surface area contributed by atoms with Gasteiger partial charge >= 0.3 is 0 Å². The van der Waals surface area contributed by atoms with Crippen LogP contribution in [0.15, 0.2) is 42.2 Å². The Morgan fingerprint density at radius 1 is 1.18 bits per heavy atom. The van der Waals surface area contributed by atoms with Crippen LogP contribution in [0.5, 0.6) is 0 Å². The van der Waals surface area contributed by atoms with Crippen molar-refractivity contribution in [3.8, 4) is 0 Å². The molecule has 0 saturated heterocycles. The highest BCUT2D eigenvalue weighted by Crippen LogP contribution is 2.26. The zero-order chi connectivity index (χ0) is 14.9. The largest absolute Gasteiger partial charge is 0.369 e. The number of rotatable bonds is 4. The number of nitrogens with one attached hydrogen (secondary N) is 1. The van der Waals surface area contributed by atoms with E-state index in [9.17, 15) is 0 Å². The molecular weight excluding hydrogens is 294 g/mol. The molecule has 0 spiro atoms. The molecule has 4 aromatic rings. The fourth-order valence-electron chi connectivity index (χ4n) is 2.64. The van der Waals surface area contributed by atoms with E-state index >= 15 is 0 Å². The topological polar surface area (TPSA) is 55.6 Å². The van der Waals surface area contributed by atoms with Gasteiger partial charge in [-0.2, -0.15) is 5.10 Å². The summed E-state index contributed by atoms with van der Waals surface area (Å²) in [5.74, 6) is 0.845. The first-order valence-corrected chi connectivity index (χ1v) is 8.02. The fraction of sp³-hybridized carbons (Fsp3) is 0.188. The van der Waals surface area contributed by atoms with E-state index in [4.69, 9.17) is 0 Å². The quantitative estimate of drug-likeness (QED) is 0.629. The number of hydrogen-bond acceptors (Lipinski definition) is 5. The number of aryl methyl sites for hydroxylation is 1. The maximum absolute atomic E-state index is 4.33. The monoisotopic (exact) mass is 309 g/mol. The fourth-order valence-corrected chi connectivity index (χ4v) is 3.64. The third kappa shape index (κ3) is 2.21. The van der Waals surface area contributed by atoms with E-state index < -0.39 is 0 Å². The lowest BCUT2D eigenvalue weighted by atomic mass is 10.1. The van der Waals surface area contributed by atoms with Gasteiger partial charge in [0, 0.05) is 18.3 Å². The summed E-state index contributed by atoms with van der Waals surface area (Å²) in [5, 5.41) is 12.2. The van der Waals surface area contributed by atoms with Gasteiger partial charge < -0.3 is 5.32 Å².